The molecule has 0 spiro atoms. The van der Waals surface area contributed by atoms with Crippen molar-refractivity contribution < 1.29 is 4.79 Å². The second-order valence-corrected chi connectivity index (χ2v) is 6.70. The molecular weight excluding hydrogens is 346 g/mol. The van der Waals surface area contributed by atoms with Gasteiger partial charge in [-0.15, -0.1) is 0 Å². The van der Waals surface area contributed by atoms with Crippen LogP contribution in [-0.4, -0.2) is 15.9 Å². The summed E-state index contributed by atoms with van der Waals surface area (Å²) >= 11 is 0. The first-order chi connectivity index (χ1) is 13.8. The predicted octanol–water partition coefficient (Wildman–Crippen LogP) is 5.64. The lowest BCUT2D eigenvalue weighted by molar-refractivity contribution is 0.102. The van der Waals surface area contributed by atoms with Gasteiger partial charge in [-0.2, -0.15) is 0 Å². The largest absolute Gasteiger partial charge is 0.338 e. The number of benzene rings is 4. The molecule has 0 radical (unpaired) electrons. The molecule has 0 aliphatic heterocycles. The van der Waals surface area contributed by atoms with Gasteiger partial charge in [-0.25, -0.2) is 4.98 Å². The van der Waals surface area contributed by atoms with Gasteiger partial charge in [0.25, 0.3) is 5.91 Å². The van der Waals surface area contributed by atoms with Gasteiger partial charge in [0, 0.05) is 16.8 Å². The average molecular weight is 363 g/mol. The maximum atomic E-state index is 12.6. The fourth-order valence-electron chi connectivity index (χ4n) is 3.33. The van der Waals surface area contributed by atoms with Crippen LogP contribution in [0.4, 0.5) is 5.69 Å². The number of hydrogen-bond acceptors (Lipinski definition) is 2. The summed E-state index contributed by atoms with van der Waals surface area (Å²) in [6.07, 6.45) is 0. The van der Waals surface area contributed by atoms with Crippen molar-refractivity contribution in [2.75, 3.05) is 5.32 Å². The van der Waals surface area contributed by atoms with Gasteiger partial charge in [0.1, 0.15) is 5.82 Å². The van der Waals surface area contributed by atoms with E-state index in [1.54, 1.807) is 0 Å². The number of imidazole rings is 1. The monoisotopic (exact) mass is 363 g/mol. The summed E-state index contributed by atoms with van der Waals surface area (Å²) in [5, 5.41) is 5.13. The minimum atomic E-state index is -0.123. The highest BCUT2D eigenvalue weighted by molar-refractivity contribution is 6.06. The van der Waals surface area contributed by atoms with Crippen molar-refractivity contribution in [2.45, 2.75) is 0 Å². The lowest BCUT2D eigenvalue weighted by atomic mass is 10.1. The highest BCUT2D eigenvalue weighted by atomic mass is 16.1. The highest BCUT2D eigenvalue weighted by Gasteiger charge is 2.08. The van der Waals surface area contributed by atoms with Crippen molar-refractivity contribution in [1.82, 2.24) is 9.97 Å². The van der Waals surface area contributed by atoms with Crippen molar-refractivity contribution in [3.63, 3.8) is 0 Å². The Morgan fingerprint density at radius 2 is 1.54 bits per heavy atom. The SMILES string of the molecule is O=C(Nc1ccc(-c2nc3ccccc3[nH]2)cc1)c1ccc2ccccc2c1. The lowest BCUT2D eigenvalue weighted by Crippen LogP contribution is -2.11. The number of amides is 1. The maximum Gasteiger partial charge on any atom is 0.255 e. The fraction of sp³-hybridized carbons (Fsp3) is 0. The number of hydrogen-bond donors (Lipinski definition) is 2. The zero-order valence-electron chi connectivity index (χ0n) is 15.0. The lowest BCUT2D eigenvalue weighted by Gasteiger charge is -2.07. The summed E-state index contributed by atoms with van der Waals surface area (Å²) in [4.78, 5) is 20.5. The maximum absolute atomic E-state index is 12.6. The molecule has 1 amide bonds. The van der Waals surface area contributed by atoms with Crippen molar-refractivity contribution in [3.8, 4) is 11.4 Å². The number of para-hydroxylation sites is 2. The molecule has 2 N–H and O–H groups in total. The minimum Gasteiger partial charge on any atom is -0.338 e. The molecule has 0 unspecified atom stereocenters. The van der Waals surface area contributed by atoms with Gasteiger partial charge in [-0.3, -0.25) is 4.79 Å². The molecule has 4 heteroatoms. The fourth-order valence-corrected chi connectivity index (χ4v) is 3.33. The van der Waals surface area contributed by atoms with Crippen LogP contribution in [0.2, 0.25) is 0 Å². The molecule has 28 heavy (non-hydrogen) atoms. The summed E-state index contributed by atoms with van der Waals surface area (Å²) in [7, 11) is 0. The van der Waals surface area contributed by atoms with Gasteiger partial charge in [0.15, 0.2) is 0 Å². The van der Waals surface area contributed by atoms with Gasteiger partial charge in [0.2, 0.25) is 0 Å². The number of aromatic amines is 1. The van der Waals surface area contributed by atoms with Crippen LogP contribution in [0.5, 0.6) is 0 Å². The molecule has 0 atom stereocenters. The Morgan fingerprint density at radius 1 is 0.786 bits per heavy atom. The van der Waals surface area contributed by atoms with Crippen molar-refractivity contribution in [3.05, 3.63) is 96.6 Å². The van der Waals surface area contributed by atoms with E-state index >= 15 is 0 Å². The Hall–Kier alpha value is -3.92. The van der Waals surface area contributed by atoms with Gasteiger partial charge in [-0.05, 0) is 59.3 Å². The van der Waals surface area contributed by atoms with E-state index < -0.39 is 0 Å². The molecule has 0 fully saturated rings. The van der Waals surface area contributed by atoms with E-state index in [0.717, 1.165) is 38.9 Å². The normalized spacial score (nSPS) is 11.0. The van der Waals surface area contributed by atoms with Crippen LogP contribution >= 0.6 is 0 Å². The summed E-state index contributed by atoms with van der Waals surface area (Å²) in [6.45, 7) is 0. The molecule has 1 heterocycles. The average Bonchev–Trinajstić information content (AvgIpc) is 3.18. The quantitative estimate of drug-likeness (QED) is 0.436. The number of nitrogens with zero attached hydrogens (tertiary/aromatic N) is 1. The highest BCUT2D eigenvalue weighted by Crippen LogP contribution is 2.23. The van der Waals surface area contributed by atoms with Crippen LogP contribution in [0.15, 0.2) is 91.0 Å². The minimum absolute atomic E-state index is 0.123. The van der Waals surface area contributed by atoms with Crippen LogP contribution < -0.4 is 5.32 Å². The van der Waals surface area contributed by atoms with Crippen LogP contribution in [0, 0.1) is 0 Å². The zero-order valence-corrected chi connectivity index (χ0v) is 15.0. The molecule has 5 rings (SSSR count). The molecule has 0 saturated carbocycles. The summed E-state index contributed by atoms with van der Waals surface area (Å²) in [5.74, 6) is 0.691. The smallest absolute Gasteiger partial charge is 0.255 e. The van der Waals surface area contributed by atoms with E-state index in [1.807, 2.05) is 91.0 Å². The summed E-state index contributed by atoms with van der Waals surface area (Å²) in [5.41, 5.74) is 4.30. The van der Waals surface area contributed by atoms with E-state index in [9.17, 15) is 4.79 Å². The Bertz CT molecular complexity index is 1270. The number of carbonyl (C=O) groups excluding carboxylic acids is 1. The van der Waals surface area contributed by atoms with Crippen molar-refractivity contribution >= 4 is 33.4 Å². The van der Waals surface area contributed by atoms with E-state index in [4.69, 9.17) is 0 Å². The first-order valence-electron chi connectivity index (χ1n) is 9.12. The van der Waals surface area contributed by atoms with Crippen LogP contribution in [-0.2, 0) is 0 Å². The molecule has 134 valence electrons. The first-order valence-corrected chi connectivity index (χ1v) is 9.12. The van der Waals surface area contributed by atoms with E-state index in [1.165, 1.54) is 0 Å². The van der Waals surface area contributed by atoms with E-state index in [2.05, 4.69) is 15.3 Å². The van der Waals surface area contributed by atoms with Gasteiger partial charge >= 0.3 is 0 Å². The first kappa shape index (κ1) is 16.3. The third-order valence-corrected chi connectivity index (χ3v) is 4.82. The molecule has 0 aliphatic carbocycles. The molecule has 0 bridgehead atoms. The third kappa shape index (κ3) is 3.01. The predicted molar refractivity (Wildman–Crippen MR) is 113 cm³/mol. The Labute approximate surface area is 161 Å². The topological polar surface area (TPSA) is 57.8 Å². The van der Waals surface area contributed by atoms with E-state index in [0.29, 0.717) is 5.56 Å². The van der Waals surface area contributed by atoms with Gasteiger partial charge in [-0.1, -0.05) is 42.5 Å². The molecule has 4 nitrogen and oxygen atoms in total. The van der Waals surface area contributed by atoms with Gasteiger partial charge < -0.3 is 10.3 Å². The number of rotatable bonds is 3. The third-order valence-electron chi connectivity index (χ3n) is 4.82. The Kier molecular flexibility index (Phi) is 3.87. The number of H-pyrrole nitrogens is 1. The van der Waals surface area contributed by atoms with Crippen molar-refractivity contribution in [2.24, 2.45) is 0 Å². The summed E-state index contributed by atoms with van der Waals surface area (Å²) in [6, 6.07) is 29.4. The second-order valence-electron chi connectivity index (χ2n) is 6.70. The number of carbonyl (C=O) groups is 1. The molecule has 4 aromatic carbocycles. The standard InChI is InChI=1S/C24H17N3O/c28-24(19-10-9-16-5-1-2-6-18(16)15-19)25-20-13-11-17(12-14-20)23-26-21-7-3-4-8-22(21)27-23/h1-15H,(H,25,28)(H,26,27). The van der Waals surface area contributed by atoms with Gasteiger partial charge in [0.05, 0.1) is 11.0 Å². The Morgan fingerprint density at radius 3 is 2.36 bits per heavy atom. The van der Waals surface area contributed by atoms with Crippen molar-refractivity contribution in [1.29, 1.82) is 0 Å². The molecular formula is C24H17N3O. The van der Waals surface area contributed by atoms with Crippen LogP contribution in [0.1, 0.15) is 10.4 Å². The molecule has 1 aromatic heterocycles. The molecule has 5 aromatic rings. The van der Waals surface area contributed by atoms with Crippen LogP contribution in [0.25, 0.3) is 33.2 Å². The Balaban J connectivity index is 1.37. The number of fused-ring (bicyclic) bond motifs is 2. The number of anilines is 1. The molecule has 0 saturated heterocycles. The summed E-state index contributed by atoms with van der Waals surface area (Å²) < 4.78 is 0. The molecule has 0 aliphatic rings. The number of nitrogens with one attached hydrogen (secondary N) is 2. The zero-order chi connectivity index (χ0) is 18.9. The van der Waals surface area contributed by atoms with Crippen LogP contribution in [0.3, 0.4) is 0 Å². The number of aromatic nitrogens is 2. The van der Waals surface area contributed by atoms with E-state index in [-0.39, 0.29) is 5.91 Å². The second kappa shape index (κ2) is 6.67.